The first-order valence-corrected chi connectivity index (χ1v) is 8.22. The molecule has 23 heavy (non-hydrogen) atoms. The molecule has 0 unspecified atom stereocenters. The lowest BCUT2D eigenvalue weighted by Crippen LogP contribution is -2.48. The molecule has 0 aliphatic carbocycles. The van der Waals surface area contributed by atoms with E-state index >= 15 is 0 Å². The summed E-state index contributed by atoms with van der Waals surface area (Å²) in [4.78, 5) is 16.0. The van der Waals surface area contributed by atoms with E-state index in [0.717, 1.165) is 31.9 Å². The molecule has 2 aliphatic heterocycles. The highest BCUT2D eigenvalue weighted by molar-refractivity contribution is 5.76. The second-order valence-corrected chi connectivity index (χ2v) is 6.17. The van der Waals surface area contributed by atoms with Gasteiger partial charge in [0.25, 0.3) is 0 Å². The van der Waals surface area contributed by atoms with Gasteiger partial charge in [-0.15, -0.1) is 0 Å². The standard InChI is InChI=1S/C17H22F2N2O2/c18-13-10-14(19)12-15(11-13)20-5-7-21(8-6-20)17(22)4-3-16-2-1-9-23-16/h10-12,16H,1-9H2/t16-/m1/s1. The molecule has 126 valence electrons. The summed E-state index contributed by atoms with van der Waals surface area (Å²) >= 11 is 0. The van der Waals surface area contributed by atoms with Gasteiger partial charge in [-0.3, -0.25) is 4.79 Å². The summed E-state index contributed by atoms with van der Waals surface area (Å²) in [5.74, 6) is -1.00. The summed E-state index contributed by atoms with van der Waals surface area (Å²) in [6.45, 7) is 3.16. The number of hydrogen-bond acceptors (Lipinski definition) is 3. The maximum absolute atomic E-state index is 13.3. The Bertz CT molecular complexity index is 533. The zero-order valence-corrected chi connectivity index (χ0v) is 13.1. The normalized spacial score (nSPS) is 21.7. The maximum atomic E-state index is 13.3. The Morgan fingerprint density at radius 2 is 1.83 bits per heavy atom. The molecule has 0 aromatic heterocycles. The van der Waals surface area contributed by atoms with Crippen LogP contribution in [0.4, 0.5) is 14.5 Å². The van der Waals surface area contributed by atoms with Crippen molar-refractivity contribution in [3.05, 3.63) is 29.8 Å². The van der Waals surface area contributed by atoms with Crippen molar-refractivity contribution in [2.24, 2.45) is 0 Å². The molecule has 0 radical (unpaired) electrons. The van der Waals surface area contributed by atoms with Crippen LogP contribution in [-0.2, 0) is 9.53 Å². The zero-order valence-electron chi connectivity index (χ0n) is 13.1. The van der Waals surface area contributed by atoms with Crippen LogP contribution >= 0.6 is 0 Å². The predicted octanol–water partition coefficient (Wildman–Crippen LogP) is 2.57. The van der Waals surface area contributed by atoms with Crippen LogP contribution in [-0.4, -0.2) is 49.7 Å². The van der Waals surface area contributed by atoms with Crippen LogP contribution in [0.25, 0.3) is 0 Å². The minimum Gasteiger partial charge on any atom is -0.378 e. The molecule has 0 spiro atoms. The second kappa shape index (κ2) is 7.25. The number of hydrogen-bond donors (Lipinski definition) is 0. The molecule has 1 amide bonds. The Morgan fingerprint density at radius 3 is 2.43 bits per heavy atom. The lowest BCUT2D eigenvalue weighted by atomic mass is 10.1. The molecule has 2 aliphatic rings. The molecule has 2 saturated heterocycles. The Morgan fingerprint density at radius 1 is 1.13 bits per heavy atom. The number of rotatable bonds is 4. The number of benzene rings is 1. The van der Waals surface area contributed by atoms with Gasteiger partial charge in [0.1, 0.15) is 11.6 Å². The van der Waals surface area contributed by atoms with Gasteiger partial charge in [0.05, 0.1) is 6.10 Å². The highest BCUT2D eigenvalue weighted by Crippen LogP contribution is 2.21. The fraction of sp³-hybridized carbons (Fsp3) is 0.588. The van der Waals surface area contributed by atoms with Crippen molar-refractivity contribution < 1.29 is 18.3 Å². The fourth-order valence-corrected chi connectivity index (χ4v) is 3.25. The van der Waals surface area contributed by atoms with Gasteiger partial charge < -0.3 is 14.5 Å². The van der Waals surface area contributed by atoms with Gasteiger partial charge in [0.2, 0.25) is 5.91 Å². The van der Waals surface area contributed by atoms with Crippen molar-refractivity contribution in [3.8, 4) is 0 Å². The van der Waals surface area contributed by atoms with Gasteiger partial charge in [-0.1, -0.05) is 0 Å². The van der Waals surface area contributed by atoms with Gasteiger partial charge in [-0.25, -0.2) is 8.78 Å². The van der Waals surface area contributed by atoms with Gasteiger partial charge in [0.15, 0.2) is 0 Å². The summed E-state index contributed by atoms with van der Waals surface area (Å²) < 4.78 is 32.1. The van der Waals surface area contributed by atoms with E-state index < -0.39 is 11.6 Å². The van der Waals surface area contributed by atoms with Crippen LogP contribution in [0, 0.1) is 11.6 Å². The third kappa shape index (κ3) is 4.19. The van der Waals surface area contributed by atoms with E-state index in [4.69, 9.17) is 4.74 Å². The molecule has 2 heterocycles. The molecule has 0 N–H and O–H groups in total. The fourth-order valence-electron chi connectivity index (χ4n) is 3.25. The molecule has 3 rings (SSSR count). The first-order chi connectivity index (χ1) is 11.1. The molecular weight excluding hydrogens is 302 g/mol. The number of nitrogens with zero attached hydrogens (tertiary/aromatic N) is 2. The summed E-state index contributed by atoms with van der Waals surface area (Å²) in [7, 11) is 0. The van der Waals surface area contributed by atoms with E-state index in [0.29, 0.717) is 38.3 Å². The first-order valence-electron chi connectivity index (χ1n) is 8.22. The Balaban J connectivity index is 1.48. The van der Waals surface area contributed by atoms with Gasteiger partial charge >= 0.3 is 0 Å². The molecule has 6 heteroatoms. The number of halogens is 2. The van der Waals surface area contributed by atoms with E-state index in [1.807, 2.05) is 9.80 Å². The summed E-state index contributed by atoms with van der Waals surface area (Å²) in [6, 6.07) is 3.53. The lowest BCUT2D eigenvalue weighted by molar-refractivity contribution is -0.132. The zero-order chi connectivity index (χ0) is 16.2. The highest BCUT2D eigenvalue weighted by Gasteiger charge is 2.23. The molecule has 4 nitrogen and oxygen atoms in total. The van der Waals surface area contributed by atoms with Crippen molar-refractivity contribution in [2.75, 3.05) is 37.7 Å². The van der Waals surface area contributed by atoms with Crippen molar-refractivity contribution in [1.29, 1.82) is 0 Å². The van der Waals surface area contributed by atoms with Crippen LogP contribution in [0.5, 0.6) is 0 Å². The molecular formula is C17H22F2N2O2. The van der Waals surface area contributed by atoms with Gasteiger partial charge in [-0.05, 0) is 31.4 Å². The quantitative estimate of drug-likeness (QED) is 0.853. The van der Waals surface area contributed by atoms with Crippen molar-refractivity contribution in [2.45, 2.75) is 31.8 Å². The van der Waals surface area contributed by atoms with Crippen molar-refractivity contribution >= 4 is 11.6 Å². The van der Waals surface area contributed by atoms with Gasteiger partial charge in [-0.2, -0.15) is 0 Å². The number of piperazine rings is 1. The predicted molar refractivity (Wildman–Crippen MR) is 83.4 cm³/mol. The molecule has 1 aromatic carbocycles. The molecule has 2 fully saturated rings. The minimum atomic E-state index is -0.574. The van der Waals surface area contributed by atoms with E-state index in [1.54, 1.807) is 0 Å². The van der Waals surface area contributed by atoms with E-state index in [2.05, 4.69) is 0 Å². The highest BCUT2D eigenvalue weighted by atomic mass is 19.1. The van der Waals surface area contributed by atoms with Crippen LogP contribution in [0.2, 0.25) is 0 Å². The van der Waals surface area contributed by atoms with Crippen molar-refractivity contribution in [1.82, 2.24) is 4.90 Å². The number of carbonyl (C=O) groups is 1. The Labute approximate surface area is 135 Å². The first kappa shape index (κ1) is 16.2. The third-order valence-electron chi connectivity index (χ3n) is 4.55. The average Bonchev–Trinajstić information content (AvgIpc) is 3.05. The average molecular weight is 324 g/mol. The molecule has 1 aromatic rings. The molecule has 1 atom stereocenters. The lowest BCUT2D eigenvalue weighted by Gasteiger charge is -2.36. The summed E-state index contributed by atoms with van der Waals surface area (Å²) in [5.41, 5.74) is 0.536. The van der Waals surface area contributed by atoms with E-state index in [-0.39, 0.29) is 12.0 Å². The van der Waals surface area contributed by atoms with Crippen molar-refractivity contribution in [3.63, 3.8) is 0 Å². The summed E-state index contributed by atoms with van der Waals surface area (Å²) in [6.07, 6.45) is 3.66. The monoisotopic (exact) mass is 324 g/mol. The maximum Gasteiger partial charge on any atom is 0.222 e. The Hall–Kier alpha value is -1.69. The number of anilines is 1. The van der Waals surface area contributed by atoms with Crippen LogP contribution in [0.3, 0.4) is 0 Å². The van der Waals surface area contributed by atoms with Crippen LogP contribution in [0.15, 0.2) is 18.2 Å². The largest absolute Gasteiger partial charge is 0.378 e. The minimum absolute atomic E-state index is 0.144. The van der Waals surface area contributed by atoms with E-state index in [1.165, 1.54) is 12.1 Å². The number of carbonyl (C=O) groups excluding carboxylic acids is 1. The Kier molecular flexibility index (Phi) is 5.10. The number of ether oxygens (including phenoxy) is 1. The second-order valence-electron chi connectivity index (χ2n) is 6.17. The molecule has 0 saturated carbocycles. The van der Waals surface area contributed by atoms with Gasteiger partial charge in [0, 0.05) is 51.0 Å². The summed E-state index contributed by atoms with van der Waals surface area (Å²) in [5, 5.41) is 0. The molecule has 0 bridgehead atoms. The number of amides is 1. The smallest absolute Gasteiger partial charge is 0.222 e. The SMILES string of the molecule is O=C(CC[C@H]1CCCO1)N1CCN(c2cc(F)cc(F)c2)CC1. The topological polar surface area (TPSA) is 32.8 Å². The van der Waals surface area contributed by atoms with Crippen LogP contribution < -0.4 is 4.90 Å². The van der Waals surface area contributed by atoms with E-state index in [9.17, 15) is 13.6 Å². The van der Waals surface area contributed by atoms with Crippen LogP contribution in [0.1, 0.15) is 25.7 Å². The third-order valence-corrected chi connectivity index (χ3v) is 4.55.